The summed E-state index contributed by atoms with van der Waals surface area (Å²) in [6.07, 6.45) is 1.16. The molecule has 1 heterocycles. The topological polar surface area (TPSA) is 63.5 Å². The summed E-state index contributed by atoms with van der Waals surface area (Å²) in [6, 6.07) is 10.8. The van der Waals surface area contributed by atoms with Crippen molar-refractivity contribution < 1.29 is 14.6 Å². The van der Waals surface area contributed by atoms with Gasteiger partial charge in [0.05, 0.1) is 18.9 Å². The predicted octanol–water partition coefficient (Wildman–Crippen LogP) is 2.19. The molecule has 20 heavy (non-hydrogen) atoms. The molecular formula is C15H18N2O3. The Morgan fingerprint density at radius 3 is 2.80 bits per heavy atom. The van der Waals surface area contributed by atoms with E-state index in [1.54, 1.807) is 49.1 Å². The van der Waals surface area contributed by atoms with E-state index in [-0.39, 0.29) is 12.5 Å². The van der Waals surface area contributed by atoms with Gasteiger partial charge in [-0.2, -0.15) is 0 Å². The maximum absolute atomic E-state index is 12.1. The fraction of sp³-hybridized carbons (Fsp3) is 0.267. The molecule has 106 valence electrons. The van der Waals surface area contributed by atoms with Crippen LogP contribution in [0.3, 0.4) is 0 Å². The molecule has 0 aliphatic carbocycles. The second kappa shape index (κ2) is 6.25. The van der Waals surface area contributed by atoms with Gasteiger partial charge in [0, 0.05) is 11.9 Å². The third-order valence-electron chi connectivity index (χ3n) is 2.99. The van der Waals surface area contributed by atoms with E-state index in [2.05, 4.69) is 5.32 Å². The molecule has 2 rings (SSSR count). The van der Waals surface area contributed by atoms with Crippen molar-refractivity contribution >= 4 is 11.6 Å². The first-order valence-corrected chi connectivity index (χ1v) is 6.37. The zero-order chi connectivity index (χ0) is 14.5. The van der Waals surface area contributed by atoms with E-state index in [0.717, 1.165) is 0 Å². The van der Waals surface area contributed by atoms with Crippen LogP contribution in [0.25, 0.3) is 0 Å². The van der Waals surface area contributed by atoms with Gasteiger partial charge in [0.2, 0.25) is 5.91 Å². The number of anilines is 1. The third kappa shape index (κ3) is 3.19. The number of para-hydroxylation sites is 2. The van der Waals surface area contributed by atoms with Crippen molar-refractivity contribution in [2.24, 2.45) is 0 Å². The zero-order valence-corrected chi connectivity index (χ0v) is 11.5. The van der Waals surface area contributed by atoms with Crippen LogP contribution >= 0.6 is 0 Å². The van der Waals surface area contributed by atoms with E-state index < -0.39 is 6.10 Å². The van der Waals surface area contributed by atoms with Crippen LogP contribution in [0.15, 0.2) is 42.6 Å². The van der Waals surface area contributed by atoms with E-state index in [0.29, 0.717) is 17.1 Å². The molecule has 1 aromatic heterocycles. The van der Waals surface area contributed by atoms with Gasteiger partial charge in [-0.3, -0.25) is 4.79 Å². The van der Waals surface area contributed by atoms with Crippen molar-refractivity contribution in [1.29, 1.82) is 0 Å². The number of carbonyl (C=O) groups is 1. The number of nitrogens with one attached hydrogen (secondary N) is 1. The molecule has 0 bridgehead atoms. The second-order valence-corrected chi connectivity index (χ2v) is 4.49. The number of hydrogen-bond donors (Lipinski definition) is 2. The van der Waals surface area contributed by atoms with Gasteiger partial charge >= 0.3 is 0 Å². The molecule has 0 saturated carbocycles. The van der Waals surface area contributed by atoms with Crippen LogP contribution in [0.5, 0.6) is 5.75 Å². The Labute approximate surface area is 117 Å². The Kier molecular flexibility index (Phi) is 4.42. The summed E-state index contributed by atoms with van der Waals surface area (Å²) in [5, 5.41) is 12.4. The fourth-order valence-electron chi connectivity index (χ4n) is 2.04. The first-order valence-electron chi connectivity index (χ1n) is 6.37. The van der Waals surface area contributed by atoms with Gasteiger partial charge < -0.3 is 19.7 Å². The SMILES string of the molecule is COc1ccccc1NC(=O)Cn1cccc1C(C)O. The molecule has 2 aromatic rings. The van der Waals surface area contributed by atoms with Gasteiger partial charge in [-0.1, -0.05) is 12.1 Å². The predicted molar refractivity (Wildman–Crippen MR) is 76.7 cm³/mol. The molecule has 1 atom stereocenters. The summed E-state index contributed by atoms with van der Waals surface area (Å²) in [4.78, 5) is 12.1. The number of ether oxygens (including phenoxy) is 1. The molecule has 0 spiro atoms. The van der Waals surface area contributed by atoms with E-state index in [1.807, 2.05) is 12.1 Å². The van der Waals surface area contributed by atoms with Gasteiger partial charge in [0.1, 0.15) is 12.3 Å². The average molecular weight is 274 g/mol. The number of benzene rings is 1. The highest BCUT2D eigenvalue weighted by atomic mass is 16.5. The Bertz CT molecular complexity index is 590. The zero-order valence-electron chi connectivity index (χ0n) is 11.5. The number of hydrogen-bond acceptors (Lipinski definition) is 3. The fourth-order valence-corrected chi connectivity index (χ4v) is 2.04. The van der Waals surface area contributed by atoms with E-state index in [9.17, 15) is 9.90 Å². The molecule has 1 aromatic carbocycles. The lowest BCUT2D eigenvalue weighted by molar-refractivity contribution is -0.116. The highest BCUT2D eigenvalue weighted by molar-refractivity contribution is 5.92. The summed E-state index contributed by atoms with van der Waals surface area (Å²) in [7, 11) is 1.56. The monoisotopic (exact) mass is 274 g/mol. The summed E-state index contributed by atoms with van der Waals surface area (Å²) in [6.45, 7) is 1.81. The first kappa shape index (κ1) is 14.1. The number of aliphatic hydroxyl groups excluding tert-OH is 1. The molecule has 0 radical (unpaired) electrons. The highest BCUT2D eigenvalue weighted by Gasteiger charge is 2.11. The third-order valence-corrected chi connectivity index (χ3v) is 2.99. The Morgan fingerprint density at radius 2 is 2.10 bits per heavy atom. The number of methoxy groups -OCH3 is 1. The number of amides is 1. The Hall–Kier alpha value is -2.27. The van der Waals surface area contributed by atoms with Crippen molar-refractivity contribution in [2.75, 3.05) is 12.4 Å². The average Bonchev–Trinajstić information content (AvgIpc) is 2.87. The van der Waals surface area contributed by atoms with Crippen molar-refractivity contribution in [3.8, 4) is 5.75 Å². The van der Waals surface area contributed by atoms with Crippen molar-refractivity contribution in [3.05, 3.63) is 48.3 Å². The van der Waals surface area contributed by atoms with Crippen molar-refractivity contribution in [2.45, 2.75) is 19.6 Å². The number of carbonyl (C=O) groups excluding carboxylic acids is 1. The lowest BCUT2D eigenvalue weighted by Gasteiger charge is -2.13. The van der Waals surface area contributed by atoms with Crippen LogP contribution in [-0.4, -0.2) is 22.7 Å². The van der Waals surface area contributed by atoms with Crippen LogP contribution in [0, 0.1) is 0 Å². The molecule has 0 aliphatic heterocycles. The minimum absolute atomic E-state index is 0.144. The standard InChI is InChI=1S/C15H18N2O3/c1-11(18)13-7-5-9-17(13)10-15(19)16-12-6-3-4-8-14(12)20-2/h3-9,11,18H,10H2,1-2H3,(H,16,19). The minimum Gasteiger partial charge on any atom is -0.495 e. The van der Waals surface area contributed by atoms with E-state index in [1.165, 1.54) is 0 Å². The van der Waals surface area contributed by atoms with Crippen LogP contribution in [0.2, 0.25) is 0 Å². The molecule has 5 nitrogen and oxygen atoms in total. The summed E-state index contributed by atoms with van der Waals surface area (Å²) < 4.78 is 6.90. The molecule has 1 amide bonds. The van der Waals surface area contributed by atoms with Crippen molar-refractivity contribution in [3.63, 3.8) is 0 Å². The quantitative estimate of drug-likeness (QED) is 0.878. The molecular weight excluding hydrogens is 256 g/mol. The number of nitrogens with zero attached hydrogens (tertiary/aromatic N) is 1. The lowest BCUT2D eigenvalue weighted by Crippen LogP contribution is -2.20. The van der Waals surface area contributed by atoms with E-state index in [4.69, 9.17) is 4.74 Å². The largest absolute Gasteiger partial charge is 0.495 e. The summed E-state index contributed by atoms with van der Waals surface area (Å²) >= 11 is 0. The summed E-state index contributed by atoms with van der Waals surface area (Å²) in [5.41, 5.74) is 1.34. The molecule has 5 heteroatoms. The molecule has 0 fully saturated rings. The smallest absolute Gasteiger partial charge is 0.244 e. The van der Waals surface area contributed by atoms with Crippen LogP contribution < -0.4 is 10.1 Å². The maximum atomic E-state index is 12.1. The first-order chi connectivity index (χ1) is 9.61. The normalized spacial score (nSPS) is 11.9. The van der Waals surface area contributed by atoms with Crippen LogP contribution in [0.4, 0.5) is 5.69 Å². The molecule has 1 unspecified atom stereocenters. The molecule has 0 saturated heterocycles. The van der Waals surface area contributed by atoms with E-state index >= 15 is 0 Å². The lowest BCUT2D eigenvalue weighted by atomic mass is 10.3. The van der Waals surface area contributed by atoms with Crippen molar-refractivity contribution in [1.82, 2.24) is 4.57 Å². The number of aliphatic hydroxyl groups is 1. The second-order valence-electron chi connectivity index (χ2n) is 4.49. The van der Waals surface area contributed by atoms with Gasteiger partial charge in [0.25, 0.3) is 0 Å². The van der Waals surface area contributed by atoms with Gasteiger partial charge in [-0.05, 0) is 31.2 Å². The molecule has 0 aliphatic rings. The summed E-state index contributed by atoms with van der Waals surface area (Å²) in [5.74, 6) is 0.441. The van der Waals surface area contributed by atoms with Gasteiger partial charge in [0.15, 0.2) is 0 Å². The highest BCUT2D eigenvalue weighted by Crippen LogP contribution is 2.23. The maximum Gasteiger partial charge on any atom is 0.244 e. The van der Waals surface area contributed by atoms with Gasteiger partial charge in [-0.25, -0.2) is 0 Å². The van der Waals surface area contributed by atoms with Gasteiger partial charge in [-0.15, -0.1) is 0 Å². The Morgan fingerprint density at radius 1 is 1.35 bits per heavy atom. The van der Waals surface area contributed by atoms with Crippen LogP contribution in [-0.2, 0) is 11.3 Å². The number of aromatic nitrogens is 1. The Balaban J connectivity index is 2.07. The van der Waals surface area contributed by atoms with Crippen LogP contribution in [0.1, 0.15) is 18.7 Å². The molecule has 2 N–H and O–H groups in total. The number of rotatable bonds is 5. The minimum atomic E-state index is -0.607.